The highest BCUT2D eigenvalue weighted by Gasteiger charge is 2.13. The standard InChI is InChI=1S/C18H17ClN2O2/c1-12(17-10-14-4-2-3-5-16(14)23-17)21-18(22)20-11-13-6-8-15(19)9-7-13/h2-10,12H,11H2,1H3,(H2,20,21,22). The van der Waals surface area contributed by atoms with Gasteiger partial charge in [0.05, 0.1) is 6.04 Å². The smallest absolute Gasteiger partial charge is 0.315 e. The summed E-state index contributed by atoms with van der Waals surface area (Å²) in [4.78, 5) is 12.0. The van der Waals surface area contributed by atoms with Gasteiger partial charge in [-0.1, -0.05) is 41.9 Å². The molecule has 2 aromatic carbocycles. The number of furan rings is 1. The fourth-order valence-electron chi connectivity index (χ4n) is 2.32. The van der Waals surface area contributed by atoms with E-state index in [1.165, 1.54) is 0 Å². The average molecular weight is 329 g/mol. The van der Waals surface area contributed by atoms with Crippen molar-refractivity contribution in [2.45, 2.75) is 19.5 Å². The molecule has 2 N–H and O–H groups in total. The molecule has 1 atom stereocenters. The summed E-state index contributed by atoms with van der Waals surface area (Å²) in [5.41, 5.74) is 1.80. The quantitative estimate of drug-likeness (QED) is 0.732. The SMILES string of the molecule is CC(NC(=O)NCc1ccc(Cl)cc1)c1cc2ccccc2o1. The van der Waals surface area contributed by atoms with Crippen molar-refractivity contribution >= 4 is 28.6 Å². The number of carbonyl (C=O) groups is 1. The van der Waals surface area contributed by atoms with Gasteiger partial charge in [-0.25, -0.2) is 4.79 Å². The minimum atomic E-state index is -0.243. The van der Waals surface area contributed by atoms with Gasteiger partial charge in [0.15, 0.2) is 0 Å². The molecule has 1 heterocycles. The lowest BCUT2D eigenvalue weighted by Gasteiger charge is -2.12. The summed E-state index contributed by atoms with van der Waals surface area (Å²) in [5, 5.41) is 7.39. The number of hydrogen-bond acceptors (Lipinski definition) is 2. The van der Waals surface area contributed by atoms with Gasteiger partial charge in [0.2, 0.25) is 0 Å². The Morgan fingerprint density at radius 2 is 1.91 bits per heavy atom. The van der Waals surface area contributed by atoms with E-state index in [4.69, 9.17) is 16.0 Å². The monoisotopic (exact) mass is 328 g/mol. The Hall–Kier alpha value is -2.46. The van der Waals surface area contributed by atoms with Crippen LogP contribution in [0.25, 0.3) is 11.0 Å². The molecule has 1 unspecified atom stereocenters. The number of urea groups is 1. The van der Waals surface area contributed by atoms with Gasteiger partial charge in [-0.05, 0) is 36.8 Å². The summed E-state index contributed by atoms with van der Waals surface area (Å²) >= 11 is 5.83. The number of amides is 2. The summed E-state index contributed by atoms with van der Waals surface area (Å²) in [6.45, 7) is 2.33. The van der Waals surface area contributed by atoms with Gasteiger partial charge in [0, 0.05) is 17.0 Å². The van der Waals surface area contributed by atoms with E-state index in [1.54, 1.807) is 12.1 Å². The molecular weight excluding hydrogens is 312 g/mol. The number of para-hydroxylation sites is 1. The van der Waals surface area contributed by atoms with Crippen molar-refractivity contribution in [1.82, 2.24) is 10.6 Å². The van der Waals surface area contributed by atoms with Crippen molar-refractivity contribution in [1.29, 1.82) is 0 Å². The molecule has 3 aromatic rings. The van der Waals surface area contributed by atoms with Crippen LogP contribution in [0.5, 0.6) is 0 Å². The van der Waals surface area contributed by atoms with Crippen LogP contribution >= 0.6 is 11.6 Å². The van der Waals surface area contributed by atoms with Crippen LogP contribution in [0.4, 0.5) is 4.79 Å². The Morgan fingerprint density at radius 3 is 2.65 bits per heavy atom. The van der Waals surface area contributed by atoms with E-state index in [0.717, 1.165) is 22.3 Å². The molecule has 3 rings (SSSR count). The van der Waals surface area contributed by atoms with Crippen molar-refractivity contribution in [3.63, 3.8) is 0 Å². The normalized spacial score (nSPS) is 12.1. The van der Waals surface area contributed by atoms with Crippen LogP contribution < -0.4 is 10.6 Å². The molecule has 0 aliphatic carbocycles. The summed E-state index contributed by atoms with van der Waals surface area (Å²) in [6.07, 6.45) is 0. The second-order valence-electron chi connectivity index (χ2n) is 5.36. The van der Waals surface area contributed by atoms with E-state index < -0.39 is 0 Å². The number of hydrogen-bond donors (Lipinski definition) is 2. The van der Waals surface area contributed by atoms with Gasteiger partial charge in [-0.15, -0.1) is 0 Å². The molecule has 1 aromatic heterocycles. The summed E-state index contributed by atoms with van der Waals surface area (Å²) in [6, 6.07) is 16.6. The third-order valence-corrected chi connectivity index (χ3v) is 3.84. The van der Waals surface area contributed by atoms with Gasteiger partial charge < -0.3 is 15.1 Å². The maximum atomic E-state index is 12.0. The lowest BCUT2D eigenvalue weighted by molar-refractivity contribution is 0.236. The summed E-state index contributed by atoms with van der Waals surface area (Å²) < 4.78 is 5.75. The molecule has 2 amide bonds. The first kappa shape index (κ1) is 15.4. The molecule has 4 nitrogen and oxygen atoms in total. The van der Waals surface area contributed by atoms with Crippen molar-refractivity contribution in [3.8, 4) is 0 Å². The second kappa shape index (κ2) is 6.75. The number of nitrogens with one attached hydrogen (secondary N) is 2. The van der Waals surface area contributed by atoms with E-state index in [-0.39, 0.29) is 12.1 Å². The second-order valence-corrected chi connectivity index (χ2v) is 5.80. The topological polar surface area (TPSA) is 54.3 Å². The Bertz CT molecular complexity index is 778. The van der Waals surface area contributed by atoms with Gasteiger partial charge in [0.1, 0.15) is 11.3 Å². The first-order valence-corrected chi connectivity index (χ1v) is 7.77. The van der Waals surface area contributed by atoms with Crippen molar-refractivity contribution in [3.05, 3.63) is 70.9 Å². The first-order valence-electron chi connectivity index (χ1n) is 7.39. The van der Waals surface area contributed by atoms with Crippen LogP contribution in [0.2, 0.25) is 5.02 Å². The molecule has 5 heteroatoms. The highest BCUT2D eigenvalue weighted by molar-refractivity contribution is 6.30. The minimum Gasteiger partial charge on any atom is -0.459 e. The number of benzene rings is 2. The molecule has 0 aliphatic heterocycles. The molecule has 0 fully saturated rings. The van der Waals surface area contributed by atoms with Crippen LogP contribution in [-0.2, 0) is 6.54 Å². The minimum absolute atomic E-state index is 0.215. The van der Waals surface area contributed by atoms with Crippen LogP contribution in [-0.4, -0.2) is 6.03 Å². The lowest BCUT2D eigenvalue weighted by Crippen LogP contribution is -2.36. The van der Waals surface area contributed by atoms with Crippen LogP contribution in [0.1, 0.15) is 24.3 Å². The average Bonchev–Trinajstić information content (AvgIpc) is 2.98. The third-order valence-electron chi connectivity index (χ3n) is 3.59. The molecule has 0 radical (unpaired) electrons. The molecule has 118 valence electrons. The Kier molecular flexibility index (Phi) is 4.53. The Morgan fingerprint density at radius 1 is 1.17 bits per heavy atom. The number of halogens is 1. The largest absolute Gasteiger partial charge is 0.459 e. The zero-order valence-corrected chi connectivity index (χ0v) is 13.4. The predicted octanol–water partition coefficient (Wildman–Crippen LogP) is 4.65. The fraction of sp³-hybridized carbons (Fsp3) is 0.167. The molecule has 23 heavy (non-hydrogen) atoms. The zero-order chi connectivity index (χ0) is 16.2. The van der Waals surface area contributed by atoms with Crippen molar-refractivity contribution in [2.75, 3.05) is 0 Å². The fourth-order valence-corrected chi connectivity index (χ4v) is 2.45. The van der Waals surface area contributed by atoms with Gasteiger partial charge in [-0.2, -0.15) is 0 Å². The maximum absolute atomic E-state index is 12.0. The molecule has 0 aliphatic rings. The summed E-state index contributed by atoms with van der Waals surface area (Å²) in [5.74, 6) is 0.729. The highest BCUT2D eigenvalue weighted by atomic mass is 35.5. The number of carbonyl (C=O) groups excluding carboxylic acids is 1. The molecular formula is C18H17ClN2O2. The Balaban J connectivity index is 1.57. The Labute approximate surface area is 139 Å². The maximum Gasteiger partial charge on any atom is 0.315 e. The third kappa shape index (κ3) is 3.85. The molecule has 0 bridgehead atoms. The molecule has 0 spiro atoms. The highest BCUT2D eigenvalue weighted by Crippen LogP contribution is 2.23. The predicted molar refractivity (Wildman–Crippen MR) is 91.5 cm³/mol. The van der Waals surface area contributed by atoms with E-state index in [9.17, 15) is 4.79 Å². The van der Waals surface area contributed by atoms with Crippen LogP contribution in [0, 0.1) is 0 Å². The van der Waals surface area contributed by atoms with Crippen LogP contribution in [0.15, 0.2) is 59.0 Å². The summed E-state index contributed by atoms with van der Waals surface area (Å²) in [7, 11) is 0. The van der Waals surface area contributed by atoms with E-state index in [1.807, 2.05) is 49.4 Å². The zero-order valence-electron chi connectivity index (χ0n) is 12.7. The van der Waals surface area contributed by atoms with Crippen molar-refractivity contribution < 1.29 is 9.21 Å². The van der Waals surface area contributed by atoms with Gasteiger partial charge in [-0.3, -0.25) is 0 Å². The first-order chi connectivity index (χ1) is 11.1. The molecule has 0 saturated carbocycles. The van der Waals surface area contributed by atoms with Crippen LogP contribution in [0.3, 0.4) is 0 Å². The van der Waals surface area contributed by atoms with Crippen molar-refractivity contribution in [2.24, 2.45) is 0 Å². The van der Waals surface area contributed by atoms with E-state index >= 15 is 0 Å². The van der Waals surface area contributed by atoms with E-state index in [0.29, 0.717) is 11.6 Å². The number of fused-ring (bicyclic) bond motifs is 1. The number of rotatable bonds is 4. The van der Waals surface area contributed by atoms with Gasteiger partial charge >= 0.3 is 6.03 Å². The molecule has 0 saturated heterocycles. The van der Waals surface area contributed by atoms with E-state index in [2.05, 4.69) is 10.6 Å². The lowest BCUT2D eigenvalue weighted by atomic mass is 10.2. The van der Waals surface area contributed by atoms with Gasteiger partial charge in [0.25, 0.3) is 0 Å².